The molecule has 7 heteroatoms. The first-order valence-corrected chi connectivity index (χ1v) is 11.7. The molecule has 6 nitrogen and oxygen atoms in total. The maximum Gasteiger partial charge on any atom is 0.244 e. The number of hydrogen-bond acceptors (Lipinski definition) is 4. The van der Waals surface area contributed by atoms with Crippen LogP contribution in [0.25, 0.3) is 0 Å². The predicted molar refractivity (Wildman–Crippen MR) is 115 cm³/mol. The first-order chi connectivity index (χ1) is 13.8. The number of ether oxygens (including phenoxy) is 1. The molecule has 0 radical (unpaired) electrons. The lowest BCUT2D eigenvalue weighted by Crippen LogP contribution is -2.50. The van der Waals surface area contributed by atoms with Crippen LogP contribution in [0.4, 0.5) is 5.69 Å². The Balaban J connectivity index is 1.90. The topological polar surface area (TPSA) is 75.7 Å². The molecule has 0 fully saturated rings. The summed E-state index contributed by atoms with van der Waals surface area (Å²) in [7, 11) is -2.16. The van der Waals surface area contributed by atoms with E-state index in [9.17, 15) is 13.2 Å². The lowest BCUT2D eigenvalue weighted by Gasteiger charge is -2.33. The van der Waals surface area contributed by atoms with E-state index in [1.807, 2.05) is 25.1 Å². The third-order valence-corrected chi connectivity index (χ3v) is 6.50. The largest absolute Gasteiger partial charge is 0.497 e. The fourth-order valence-electron chi connectivity index (χ4n) is 3.98. The van der Waals surface area contributed by atoms with Gasteiger partial charge >= 0.3 is 0 Å². The van der Waals surface area contributed by atoms with Gasteiger partial charge in [-0.05, 0) is 48.9 Å². The van der Waals surface area contributed by atoms with E-state index in [2.05, 4.69) is 11.4 Å². The number of amides is 1. The summed E-state index contributed by atoms with van der Waals surface area (Å²) in [5, 5.41) is 3.10. The summed E-state index contributed by atoms with van der Waals surface area (Å²) >= 11 is 0. The van der Waals surface area contributed by atoms with Crippen LogP contribution in [-0.2, 0) is 21.2 Å². The fourth-order valence-corrected chi connectivity index (χ4v) is 5.18. The maximum absolute atomic E-state index is 13.2. The molecular formula is C22H28N2O4S. The number of aryl methyl sites for hydroxylation is 1. The Morgan fingerprint density at radius 2 is 2.00 bits per heavy atom. The molecule has 1 amide bonds. The number of methoxy groups -OCH3 is 1. The summed E-state index contributed by atoms with van der Waals surface area (Å²) < 4.78 is 31.7. The quantitative estimate of drug-likeness (QED) is 0.750. The number of fused-ring (bicyclic) bond motifs is 1. The van der Waals surface area contributed by atoms with Crippen LogP contribution in [0.1, 0.15) is 43.4 Å². The normalized spacial score (nSPS) is 17.1. The molecule has 0 saturated heterocycles. The second kappa shape index (κ2) is 8.86. The van der Waals surface area contributed by atoms with Crippen molar-refractivity contribution in [2.45, 2.75) is 44.7 Å². The van der Waals surface area contributed by atoms with Crippen molar-refractivity contribution in [1.29, 1.82) is 0 Å². The van der Waals surface area contributed by atoms with Crippen LogP contribution in [0.3, 0.4) is 0 Å². The van der Waals surface area contributed by atoms with Gasteiger partial charge in [0.15, 0.2) is 0 Å². The minimum atomic E-state index is -3.68. The molecule has 1 aliphatic rings. The molecular weight excluding hydrogens is 388 g/mol. The summed E-state index contributed by atoms with van der Waals surface area (Å²) in [4.78, 5) is 13.2. The molecule has 0 bridgehead atoms. The Bertz CT molecular complexity index is 974. The molecule has 156 valence electrons. The van der Waals surface area contributed by atoms with Crippen LogP contribution < -0.4 is 14.4 Å². The van der Waals surface area contributed by atoms with Gasteiger partial charge in [0, 0.05) is 6.07 Å². The summed E-state index contributed by atoms with van der Waals surface area (Å²) in [6, 6.07) is 13.9. The van der Waals surface area contributed by atoms with Gasteiger partial charge in [0.05, 0.1) is 25.1 Å². The first kappa shape index (κ1) is 21.2. The Morgan fingerprint density at radius 1 is 1.24 bits per heavy atom. The number of anilines is 1. The molecule has 2 aromatic rings. The van der Waals surface area contributed by atoms with Gasteiger partial charge in [0.2, 0.25) is 15.9 Å². The zero-order valence-corrected chi connectivity index (χ0v) is 17.9. The molecule has 0 spiro atoms. The molecule has 0 aromatic heterocycles. The smallest absolute Gasteiger partial charge is 0.244 e. The summed E-state index contributed by atoms with van der Waals surface area (Å²) in [5.74, 6) is 0.245. The number of carbonyl (C=O) groups excluding carboxylic acids is 1. The van der Waals surface area contributed by atoms with Crippen molar-refractivity contribution in [2.24, 2.45) is 0 Å². The summed E-state index contributed by atoms with van der Waals surface area (Å²) in [6.07, 6.45) is 4.31. The lowest BCUT2D eigenvalue weighted by atomic mass is 9.87. The van der Waals surface area contributed by atoms with Gasteiger partial charge in [-0.25, -0.2) is 8.42 Å². The van der Waals surface area contributed by atoms with Crippen LogP contribution in [0.5, 0.6) is 5.75 Å². The van der Waals surface area contributed by atoms with E-state index < -0.39 is 16.1 Å². The molecule has 2 aromatic carbocycles. The van der Waals surface area contributed by atoms with E-state index in [1.54, 1.807) is 24.3 Å². The van der Waals surface area contributed by atoms with E-state index in [1.165, 1.54) is 17.0 Å². The highest BCUT2D eigenvalue weighted by molar-refractivity contribution is 7.92. The van der Waals surface area contributed by atoms with Crippen LogP contribution in [-0.4, -0.2) is 33.7 Å². The molecule has 2 atom stereocenters. The Morgan fingerprint density at radius 3 is 2.69 bits per heavy atom. The lowest BCUT2D eigenvalue weighted by molar-refractivity contribution is -0.123. The highest BCUT2D eigenvalue weighted by atomic mass is 32.2. The van der Waals surface area contributed by atoms with Crippen molar-refractivity contribution in [3.05, 3.63) is 59.7 Å². The Hall–Kier alpha value is -2.54. The van der Waals surface area contributed by atoms with E-state index in [0.717, 1.165) is 31.1 Å². The molecule has 0 aliphatic heterocycles. The van der Waals surface area contributed by atoms with E-state index in [-0.39, 0.29) is 11.9 Å². The number of hydrogen-bond donors (Lipinski definition) is 1. The summed E-state index contributed by atoms with van der Waals surface area (Å²) in [6.45, 7) is 1.82. The second-order valence-electron chi connectivity index (χ2n) is 7.34. The maximum atomic E-state index is 13.2. The predicted octanol–water partition coefficient (Wildman–Crippen LogP) is 3.43. The zero-order chi connectivity index (χ0) is 21.0. The zero-order valence-electron chi connectivity index (χ0n) is 17.1. The van der Waals surface area contributed by atoms with Crippen LogP contribution in [0, 0.1) is 0 Å². The van der Waals surface area contributed by atoms with Crippen molar-refractivity contribution >= 4 is 21.6 Å². The van der Waals surface area contributed by atoms with Gasteiger partial charge in [0.1, 0.15) is 11.8 Å². The Labute approximate surface area is 172 Å². The number of rotatable bonds is 7. The second-order valence-corrected chi connectivity index (χ2v) is 9.20. The monoisotopic (exact) mass is 416 g/mol. The number of nitrogens with one attached hydrogen (secondary N) is 1. The number of carbonyl (C=O) groups is 1. The average Bonchev–Trinajstić information content (AvgIpc) is 2.71. The minimum absolute atomic E-state index is 0.104. The number of sulfonamides is 1. The van der Waals surface area contributed by atoms with E-state index >= 15 is 0 Å². The van der Waals surface area contributed by atoms with Crippen molar-refractivity contribution in [1.82, 2.24) is 5.32 Å². The first-order valence-electron chi connectivity index (χ1n) is 9.86. The molecule has 0 saturated carbocycles. The van der Waals surface area contributed by atoms with Crippen LogP contribution >= 0.6 is 0 Å². The van der Waals surface area contributed by atoms with Crippen LogP contribution in [0.2, 0.25) is 0 Å². The van der Waals surface area contributed by atoms with Crippen LogP contribution in [0.15, 0.2) is 48.5 Å². The van der Waals surface area contributed by atoms with Crippen molar-refractivity contribution in [2.75, 3.05) is 17.7 Å². The number of nitrogens with zero attached hydrogens (tertiary/aromatic N) is 1. The fraction of sp³-hybridized carbons (Fsp3) is 0.409. The van der Waals surface area contributed by atoms with Gasteiger partial charge in [-0.2, -0.15) is 0 Å². The highest BCUT2D eigenvalue weighted by Crippen LogP contribution is 2.31. The molecule has 1 aliphatic carbocycles. The molecule has 0 heterocycles. The standard InChI is InChI=1S/C22H28N2O4S/c1-4-21(24(29(3,26)27)17-11-8-12-18(15-17)28-2)22(25)23-20-14-7-10-16-9-5-6-13-19(16)20/h5-6,8-9,11-13,15,20-21H,4,7,10,14H2,1-3H3,(H,23,25)/t20-,21+/m1/s1. The molecule has 1 N–H and O–H groups in total. The molecule has 29 heavy (non-hydrogen) atoms. The van der Waals surface area contributed by atoms with Crippen molar-refractivity contribution in [3.8, 4) is 5.75 Å². The highest BCUT2D eigenvalue weighted by Gasteiger charge is 2.33. The van der Waals surface area contributed by atoms with Gasteiger partial charge < -0.3 is 10.1 Å². The van der Waals surface area contributed by atoms with Gasteiger partial charge in [-0.15, -0.1) is 0 Å². The molecule has 0 unspecified atom stereocenters. The summed E-state index contributed by atoms with van der Waals surface area (Å²) in [5.41, 5.74) is 2.77. The average molecular weight is 417 g/mol. The van der Waals surface area contributed by atoms with E-state index in [0.29, 0.717) is 17.9 Å². The van der Waals surface area contributed by atoms with Crippen molar-refractivity contribution in [3.63, 3.8) is 0 Å². The minimum Gasteiger partial charge on any atom is -0.497 e. The van der Waals surface area contributed by atoms with Gasteiger partial charge in [-0.3, -0.25) is 9.10 Å². The van der Waals surface area contributed by atoms with E-state index in [4.69, 9.17) is 4.74 Å². The third kappa shape index (κ3) is 4.72. The van der Waals surface area contributed by atoms with Crippen molar-refractivity contribution < 1.29 is 17.9 Å². The molecule has 3 rings (SSSR count). The third-order valence-electron chi connectivity index (χ3n) is 5.32. The SMILES string of the molecule is CC[C@@H](C(=O)N[C@@H]1CCCc2ccccc21)N(c1cccc(OC)c1)S(C)(=O)=O. The Kier molecular flexibility index (Phi) is 6.47. The number of benzene rings is 2. The van der Waals surface area contributed by atoms with Gasteiger partial charge in [-0.1, -0.05) is 37.3 Å². The van der Waals surface area contributed by atoms with Gasteiger partial charge in [0.25, 0.3) is 0 Å².